The number of aromatic nitrogens is 2. The van der Waals surface area contributed by atoms with Crippen molar-refractivity contribution in [2.24, 2.45) is 0 Å². The second-order valence-electron chi connectivity index (χ2n) is 4.64. The average molecular weight is 337 g/mol. The standard InChI is InChI=1S/C15H10Cl2N2OS/c1-8-6-7-10(16)13(12(8)17)19-14(20)9-4-2-3-5-11(9)18-15(19)21/h2-7H,1H3,(H,18,21). The van der Waals surface area contributed by atoms with Crippen LogP contribution in [0.4, 0.5) is 0 Å². The Bertz CT molecular complexity index is 976. The number of para-hydroxylation sites is 1. The van der Waals surface area contributed by atoms with Crippen molar-refractivity contribution in [3.05, 3.63) is 67.1 Å². The molecule has 0 aliphatic carbocycles. The molecule has 0 spiro atoms. The molecule has 3 nitrogen and oxygen atoms in total. The molecule has 0 fully saturated rings. The Morgan fingerprint density at radius 1 is 1.14 bits per heavy atom. The topological polar surface area (TPSA) is 37.8 Å². The van der Waals surface area contributed by atoms with E-state index >= 15 is 0 Å². The van der Waals surface area contributed by atoms with E-state index in [1.54, 1.807) is 30.3 Å². The first-order valence-electron chi connectivity index (χ1n) is 6.20. The lowest BCUT2D eigenvalue weighted by Crippen LogP contribution is -2.21. The van der Waals surface area contributed by atoms with Crippen molar-refractivity contribution < 1.29 is 0 Å². The van der Waals surface area contributed by atoms with Gasteiger partial charge < -0.3 is 4.98 Å². The van der Waals surface area contributed by atoms with Gasteiger partial charge in [0, 0.05) is 0 Å². The molecule has 106 valence electrons. The van der Waals surface area contributed by atoms with E-state index in [1.165, 1.54) is 4.57 Å². The van der Waals surface area contributed by atoms with Crippen LogP contribution in [-0.2, 0) is 0 Å². The molecule has 0 amide bonds. The van der Waals surface area contributed by atoms with E-state index in [1.807, 2.05) is 13.0 Å². The summed E-state index contributed by atoms with van der Waals surface area (Å²) in [6.07, 6.45) is 0. The summed E-state index contributed by atoms with van der Waals surface area (Å²) in [5, 5.41) is 1.32. The Labute approximate surface area is 135 Å². The van der Waals surface area contributed by atoms with Crippen molar-refractivity contribution in [3.63, 3.8) is 0 Å². The molecule has 0 unspecified atom stereocenters. The number of aromatic amines is 1. The number of benzene rings is 2. The average Bonchev–Trinajstić information content (AvgIpc) is 2.46. The summed E-state index contributed by atoms with van der Waals surface area (Å²) >= 11 is 17.9. The monoisotopic (exact) mass is 336 g/mol. The summed E-state index contributed by atoms with van der Waals surface area (Å²) in [5.41, 5.74) is 1.67. The molecule has 0 atom stereocenters. The third-order valence-corrected chi connectivity index (χ3v) is 4.36. The minimum absolute atomic E-state index is 0.247. The van der Waals surface area contributed by atoms with Crippen molar-refractivity contribution >= 4 is 46.3 Å². The first-order valence-corrected chi connectivity index (χ1v) is 7.36. The van der Waals surface area contributed by atoms with Gasteiger partial charge >= 0.3 is 0 Å². The zero-order valence-corrected chi connectivity index (χ0v) is 13.3. The van der Waals surface area contributed by atoms with Crippen molar-refractivity contribution in [2.45, 2.75) is 6.92 Å². The minimum atomic E-state index is -0.247. The summed E-state index contributed by atoms with van der Waals surface area (Å²) in [4.78, 5) is 15.8. The SMILES string of the molecule is Cc1ccc(Cl)c(-n2c(=S)[nH]c3ccccc3c2=O)c1Cl. The van der Waals surface area contributed by atoms with Gasteiger partial charge in [-0.1, -0.05) is 41.4 Å². The van der Waals surface area contributed by atoms with Crippen LogP contribution in [0.5, 0.6) is 0 Å². The molecule has 3 aromatic rings. The molecule has 0 bridgehead atoms. The molecule has 0 radical (unpaired) electrons. The molecule has 0 saturated carbocycles. The Hall–Kier alpha value is -1.62. The zero-order valence-electron chi connectivity index (χ0n) is 11.0. The van der Waals surface area contributed by atoms with E-state index < -0.39 is 0 Å². The van der Waals surface area contributed by atoms with E-state index in [4.69, 9.17) is 35.4 Å². The maximum absolute atomic E-state index is 12.7. The fraction of sp³-hybridized carbons (Fsp3) is 0.0667. The van der Waals surface area contributed by atoms with Gasteiger partial charge in [0.25, 0.3) is 5.56 Å². The number of nitrogens with zero attached hydrogens (tertiary/aromatic N) is 1. The van der Waals surface area contributed by atoms with Crippen LogP contribution in [0, 0.1) is 11.7 Å². The second kappa shape index (κ2) is 5.30. The lowest BCUT2D eigenvalue weighted by molar-refractivity contribution is 0.939. The highest BCUT2D eigenvalue weighted by Gasteiger charge is 2.15. The number of rotatable bonds is 1. The fourth-order valence-electron chi connectivity index (χ4n) is 2.21. The molecular weight excluding hydrogens is 327 g/mol. The minimum Gasteiger partial charge on any atom is -0.331 e. The summed E-state index contributed by atoms with van der Waals surface area (Å²) in [6.45, 7) is 1.85. The van der Waals surface area contributed by atoms with Gasteiger partial charge in [0.15, 0.2) is 4.77 Å². The van der Waals surface area contributed by atoms with Gasteiger partial charge in [0.1, 0.15) is 0 Å². The van der Waals surface area contributed by atoms with Gasteiger partial charge in [-0.25, -0.2) is 4.57 Å². The number of halogens is 2. The highest BCUT2D eigenvalue weighted by molar-refractivity contribution is 7.71. The maximum atomic E-state index is 12.7. The summed E-state index contributed by atoms with van der Waals surface area (Å²) in [6, 6.07) is 10.7. The number of hydrogen-bond donors (Lipinski definition) is 1. The largest absolute Gasteiger partial charge is 0.331 e. The fourth-order valence-corrected chi connectivity index (χ4v) is 3.04. The van der Waals surface area contributed by atoms with Crippen LogP contribution in [0.3, 0.4) is 0 Å². The molecular formula is C15H10Cl2N2OS. The molecule has 1 heterocycles. The van der Waals surface area contributed by atoms with Crippen LogP contribution in [0.1, 0.15) is 5.56 Å². The first-order chi connectivity index (χ1) is 10.0. The van der Waals surface area contributed by atoms with Gasteiger partial charge in [-0.2, -0.15) is 0 Å². The lowest BCUT2D eigenvalue weighted by atomic mass is 10.2. The number of fused-ring (bicyclic) bond motifs is 1. The maximum Gasteiger partial charge on any atom is 0.266 e. The number of hydrogen-bond acceptors (Lipinski definition) is 2. The highest BCUT2D eigenvalue weighted by Crippen LogP contribution is 2.30. The van der Waals surface area contributed by atoms with E-state index in [0.717, 1.165) is 5.56 Å². The second-order valence-corrected chi connectivity index (χ2v) is 5.82. The molecule has 6 heteroatoms. The van der Waals surface area contributed by atoms with Crippen molar-refractivity contribution in [1.82, 2.24) is 9.55 Å². The summed E-state index contributed by atoms with van der Waals surface area (Å²) in [7, 11) is 0. The van der Waals surface area contributed by atoms with E-state index in [2.05, 4.69) is 4.98 Å². The Kier molecular flexibility index (Phi) is 3.61. The van der Waals surface area contributed by atoms with Crippen LogP contribution in [0.25, 0.3) is 16.6 Å². The lowest BCUT2D eigenvalue weighted by Gasteiger charge is -2.13. The van der Waals surface area contributed by atoms with Gasteiger partial charge in [-0.05, 0) is 42.9 Å². The molecule has 21 heavy (non-hydrogen) atoms. The van der Waals surface area contributed by atoms with E-state index in [-0.39, 0.29) is 10.3 Å². The highest BCUT2D eigenvalue weighted by atomic mass is 35.5. The van der Waals surface area contributed by atoms with Crippen LogP contribution < -0.4 is 5.56 Å². The molecule has 3 rings (SSSR count). The Balaban J connectivity index is 2.50. The quantitative estimate of drug-likeness (QED) is 0.656. The van der Waals surface area contributed by atoms with Crippen LogP contribution in [-0.4, -0.2) is 9.55 Å². The predicted molar refractivity (Wildman–Crippen MR) is 89.5 cm³/mol. The van der Waals surface area contributed by atoms with Gasteiger partial charge in [0.05, 0.1) is 26.6 Å². The number of H-pyrrole nitrogens is 1. The number of nitrogens with one attached hydrogen (secondary N) is 1. The zero-order chi connectivity index (χ0) is 15.1. The molecule has 1 aromatic heterocycles. The Morgan fingerprint density at radius 2 is 1.86 bits per heavy atom. The predicted octanol–water partition coefficient (Wildman–Crippen LogP) is 4.66. The third kappa shape index (κ3) is 2.29. The Morgan fingerprint density at radius 3 is 2.62 bits per heavy atom. The third-order valence-electron chi connectivity index (χ3n) is 3.29. The smallest absolute Gasteiger partial charge is 0.266 e. The van der Waals surface area contributed by atoms with Crippen molar-refractivity contribution in [1.29, 1.82) is 0 Å². The van der Waals surface area contributed by atoms with E-state index in [9.17, 15) is 4.79 Å². The van der Waals surface area contributed by atoms with Gasteiger partial charge in [0.2, 0.25) is 0 Å². The van der Waals surface area contributed by atoms with Crippen molar-refractivity contribution in [2.75, 3.05) is 0 Å². The first kappa shape index (κ1) is 14.3. The van der Waals surface area contributed by atoms with Crippen LogP contribution in [0.2, 0.25) is 10.0 Å². The van der Waals surface area contributed by atoms with Crippen LogP contribution in [0.15, 0.2) is 41.2 Å². The van der Waals surface area contributed by atoms with Crippen molar-refractivity contribution in [3.8, 4) is 5.69 Å². The molecule has 0 aliphatic rings. The van der Waals surface area contributed by atoms with Crippen LogP contribution >= 0.6 is 35.4 Å². The van der Waals surface area contributed by atoms with Gasteiger partial charge in [-0.3, -0.25) is 4.79 Å². The summed E-state index contributed by atoms with van der Waals surface area (Å²) in [5.74, 6) is 0. The molecule has 2 aromatic carbocycles. The van der Waals surface area contributed by atoms with E-state index in [0.29, 0.717) is 26.6 Å². The number of aryl methyl sites for hydroxylation is 1. The normalized spacial score (nSPS) is 11.0. The molecule has 1 N–H and O–H groups in total. The van der Waals surface area contributed by atoms with Gasteiger partial charge in [-0.15, -0.1) is 0 Å². The molecule has 0 aliphatic heterocycles. The summed E-state index contributed by atoms with van der Waals surface area (Å²) < 4.78 is 1.60. The molecule has 0 saturated heterocycles.